The summed E-state index contributed by atoms with van der Waals surface area (Å²) >= 11 is 0. The molecule has 0 unspecified atom stereocenters. The van der Waals surface area contributed by atoms with E-state index in [2.05, 4.69) is 0 Å². The molecule has 0 spiro atoms. The summed E-state index contributed by atoms with van der Waals surface area (Å²) in [5.74, 6) is -2.45. The molecule has 0 aliphatic rings. The molecule has 11 nitrogen and oxygen atoms in total. The molecule has 29 heavy (non-hydrogen) atoms. The van der Waals surface area contributed by atoms with Gasteiger partial charge in [0.2, 0.25) is 0 Å². The van der Waals surface area contributed by atoms with Gasteiger partial charge in [0.05, 0.1) is 39.4 Å². The topological polar surface area (TPSA) is 137 Å². The van der Waals surface area contributed by atoms with Gasteiger partial charge >= 0.3 is 17.9 Å². The smallest absolute Gasteiger partial charge is 0.320 e. The average molecular weight is 419 g/mol. The number of carbonyl (C=O) groups is 4. The van der Waals surface area contributed by atoms with Crippen LogP contribution in [0.5, 0.6) is 0 Å². The van der Waals surface area contributed by atoms with Crippen LogP contribution in [0.2, 0.25) is 0 Å². The van der Waals surface area contributed by atoms with E-state index in [0.29, 0.717) is 52.2 Å². The van der Waals surface area contributed by atoms with E-state index in [1.807, 2.05) is 6.92 Å². The Hall–Kier alpha value is -2.08. The Morgan fingerprint density at radius 3 is 1.76 bits per heavy atom. The van der Waals surface area contributed by atoms with Crippen LogP contribution < -0.4 is 0 Å². The van der Waals surface area contributed by atoms with E-state index >= 15 is 0 Å². The minimum absolute atomic E-state index is 0.0270. The first-order chi connectivity index (χ1) is 13.8. The second-order valence-electron chi connectivity index (χ2n) is 6.24. The third kappa shape index (κ3) is 15.5. The number of carbonyl (C=O) groups excluding carboxylic acids is 2. The van der Waals surface area contributed by atoms with E-state index in [-0.39, 0.29) is 32.8 Å². The summed E-state index contributed by atoms with van der Waals surface area (Å²) in [6, 6.07) is 0. The van der Waals surface area contributed by atoms with Crippen LogP contribution in [0.1, 0.15) is 13.8 Å². The highest BCUT2D eigenvalue weighted by atomic mass is 16.5. The minimum atomic E-state index is -1.02. The first-order valence-corrected chi connectivity index (χ1v) is 9.59. The maximum atomic E-state index is 11.6. The second-order valence-corrected chi connectivity index (χ2v) is 6.24. The molecule has 11 heteroatoms. The number of hydrogen-bond donors (Lipinski definition) is 2. The molecule has 0 radical (unpaired) electrons. The summed E-state index contributed by atoms with van der Waals surface area (Å²) in [7, 11) is 0. The van der Waals surface area contributed by atoms with Crippen LogP contribution in [-0.2, 0) is 28.7 Å². The summed E-state index contributed by atoms with van der Waals surface area (Å²) in [5, 5.41) is 18.2. The SMILES string of the molecule is CCOCCN(CCN(CCN(CC=O)CC(=O)OCC)CC(=O)O)CC(=O)O. The lowest BCUT2D eigenvalue weighted by Crippen LogP contribution is -2.44. The van der Waals surface area contributed by atoms with E-state index in [9.17, 15) is 19.2 Å². The molecule has 0 aliphatic carbocycles. The zero-order chi connectivity index (χ0) is 22.1. The number of carboxylic acids is 2. The van der Waals surface area contributed by atoms with Crippen LogP contribution in [0.3, 0.4) is 0 Å². The lowest BCUT2D eigenvalue weighted by molar-refractivity contribution is -0.145. The van der Waals surface area contributed by atoms with Crippen LogP contribution in [0, 0.1) is 0 Å². The Bertz CT molecular complexity index is 503. The van der Waals surface area contributed by atoms with Crippen molar-refractivity contribution in [3.05, 3.63) is 0 Å². The fourth-order valence-corrected chi connectivity index (χ4v) is 2.56. The molecule has 0 atom stereocenters. The molecule has 0 rings (SSSR count). The first-order valence-electron chi connectivity index (χ1n) is 9.59. The van der Waals surface area contributed by atoms with Crippen molar-refractivity contribution < 1.29 is 38.9 Å². The van der Waals surface area contributed by atoms with Crippen molar-refractivity contribution in [3.63, 3.8) is 0 Å². The molecular formula is C18H33N3O8. The second kappa shape index (κ2) is 16.8. The molecule has 168 valence electrons. The third-order valence-corrected chi connectivity index (χ3v) is 3.93. The van der Waals surface area contributed by atoms with Gasteiger partial charge in [-0.25, -0.2) is 0 Å². The highest BCUT2D eigenvalue weighted by molar-refractivity contribution is 5.72. The molecule has 0 fully saturated rings. The van der Waals surface area contributed by atoms with Gasteiger partial charge in [0, 0.05) is 39.3 Å². The summed E-state index contributed by atoms with van der Waals surface area (Å²) in [6.45, 7) is 5.91. The fourth-order valence-electron chi connectivity index (χ4n) is 2.56. The van der Waals surface area contributed by atoms with Crippen LogP contribution in [0.25, 0.3) is 0 Å². The zero-order valence-corrected chi connectivity index (χ0v) is 17.2. The van der Waals surface area contributed by atoms with E-state index in [4.69, 9.17) is 19.7 Å². The van der Waals surface area contributed by atoms with Gasteiger partial charge in [-0.05, 0) is 13.8 Å². The number of ether oxygens (including phenoxy) is 2. The van der Waals surface area contributed by atoms with Crippen LogP contribution in [0.15, 0.2) is 0 Å². The van der Waals surface area contributed by atoms with Crippen molar-refractivity contribution in [3.8, 4) is 0 Å². The van der Waals surface area contributed by atoms with Crippen LogP contribution in [0.4, 0.5) is 0 Å². The molecule has 0 heterocycles. The largest absolute Gasteiger partial charge is 0.480 e. The van der Waals surface area contributed by atoms with Crippen LogP contribution >= 0.6 is 0 Å². The van der Waals surface area contributed by atoms with Crippen molar-refractivity contribution in [2.24, 2.45) is 0 Å². The van der Waals surface area contributed by atoms with E-state index < -0.39 is 17.9 Å². The number of carboxylic acid groups (broad SMARTS) is 2. The van der Waals surface area contributed by atoms with Gasteiger partial charge in [0.15, 0.2) is 0 Å². The van der Waals surface area contributed by atoms with Crippen molar-refractivity contribution in [2.45, 2.75) is 13.8 Å². The van der Waals surface area contributed by atoms with Gasteiger partial charge < -0.3 is 24.5 Å². The van der Waals surface area contributed by atoms with Gasteiger partial charge in [-0.3, -0.25) is 29.1 Å². The van der Waals surface area contributed by atoms with Gasteiger partial charge in [-0.1, -0.05) is 0 Å². The van der Waals surface area contributed by atoms with E-state index in [1.165, 1.54) is 0 Å². The predicted molar refractivity (Wildman–Crippen MR) is 104 cm³/mol. The number of aliphatic carboxylic acids is 2. The van der Waals surface area contributed by atoms with E-state index in [0.717, 1.165) is 0 Å². The summed E-state index contributed by atoms with van der Waals surface area (Å²) < 4.78 is 10.1. The Kier molecular flexibility index (Phi) is 15.6. The molecule has 0 amide bonds. The standard InChI is InChI=1S/C18H33N3O8/c1-3-28-12-10-21(14-17(25)26)8-6-19(13-16(23)24)5-7-20(9-11-22)15-18(27)29-4-2/h11H,3-10,12-15H2,1-2H3,(H,23,24)(H,25,26). The number of esters is 1. The third-order valence-electron chi connectivity index (χ3n) is 3.93. The van der Waals surface area contributed by atoms with Crippen LogP contribution in [-0.4, -0.2) is 128 Å². The number of hydrogen-bond acceptors (Lipinski definition) is 9. The summed E-state index contributed by atoms with van der Waals surface area (Å²) in [5.41, 5.74) is 0. The first kappa shape index (κ1) is 26.9. The Morgan fingerprint density at radius 1 is 0.793 bits per heavy atom. The predicted octanol–water partition coefficient (Wildman–Crippen LogP) is -1.14. The molecule has 0 aromatic carbocycles. The van der Waals surface area contributed by atoms with Gasteiger partial charge in [-0.15, -0.1) is 0 Å². The quantitative estimate of drug-likeness (QED) is 0.149. The lowest BCUT2D eigenvalue weighted by atomic mass is 10.3. The molecule has 2 N–H and O–H groups in total. The molecule has 0 aliphatic heterocycles. The molecule has 0 saturated heterocycles. The number of rotatable bonds is 19. The van der Waals surface area contributed by atoms with Gasteiger partial charge in [-0.2, -0.15) is 0 Å². The average Bonchev–Trinajstić information content (AvgIpc) is 2.63. The Balaban J connectivity index is 4.76. The fraction of sp³-hybridized carbons (Fsp3) is 0.778. The zero-order valence-electron chi connectivity index (χ0n) is 17.2. The van der Waals surface area contributed by atoms with Crippen molar-refractivity contribution in [1.82, 2.24) is 14.7 Å². The molecule has 0 saturated carbocycles. The monoisotopic (exact) mass is 419 g/mol. The Morgan fingerprint density at radius 2 is 1.31 bits per heavy atom. The maximum absolute atomic E-state index is 11.6. The molecule has 0 aromatic heterocycles. The maximum Gasteiger partial charge on any atom is 0.320 e. The Labute approximate surface area is 171 Å². The van der Waals surface area contributed by atoms with Gasteiger partial charge in [0.1, 0.15) is 6.29 Å². The highest BCUT2D eigenvalue weighted by Crippen LogP contribution is 1.97. The molecular weight excluding hydrogens is 386 g/mol. The normalized spacial score (nSPS) is 11.2. The highest BCUT2D eigenvalue weighted by Gasteiger charge is 2.17. The molecule has 0 aromatic rings. The van der Waals surface area contributed by atoms with Crippen molar-refractivity contribution in [1.29, 1.82) is 0 Å². The van der Waals surface area contributed by atoms with Crippen molar-refractivity contribution in [2.75, 3.05) is 78.7 Å². The summed E-state index contributed by atoms with van der Waals surface area (Å²) in [6.07, 6.45) is 0.670. The molecule has 0 bridgehead atoms. The minimum Gasteiger partial charge on any atom is -0.480 e. The lowest BCUT2D eigenvalue weighted by Gasteiger charge is -2.27. The van der Waals surface area contributed by atoms with Gasteiger partial charge in [0.25, 0.3) is 0 Å². The van der Waals surface area contributed by atoms with E-state index in [1.54, 1.807) is 21.6 Å². The van der Waals surface area contributed by atoms with Crippen molar-refractivity contribution >= 4 is 24.2 Å². The summed E-state index contributed by atoms with van der Waals surface area (Å²) in [4.78, 5) is 49.6. The number of aldehydes is 1. The number of nitrogens with zero attached hydrogens (tertiary/aromatic N) is 3.